The fourth-order valence-corrected chi connectivity index (χ4v) is 7.31. The van der Waals surface area contributed by atoms with Crippen molar-refractivity contribution in [1.82, 2.24) is 30.7 Å². The van der Waals surface area contributed by atoms with Gasteiger partial charge in [0.05, 0.1) is 21.8 Å². The molecule has 2 fully saturated rings. The molecule has 2 aromatic rings. The molecular weight excluding hydrogens is 588 g/mol. The van der Waals surface area contributed by atoms with Crippen molar-refractivity contribution in [1.29, 1.82) is 0 Å². The van der Waals surface area contributed by atoms with Gasteiger partial charge in [0.2, 0.25) is 17.7 Å². The van der Waals surface area contributed by atoms with Gasteiger partial charge < -0.3 is 21.1 Å². The number of piperazine rings is 1. The third-order valence-electron chi connectivity index (χ3n) is 9.12. The minimum absolute atomic E-state index is 0.153. The number of nitrogens with one attached hydrogen (secondary N) is 3. The summed E-state index contributed by atoms with van der Waals surface area (Å²) in [6.45, 7) is 15.1. The summed E-state index contributed by atoms with van der Waals surface area (Å²) < 4.78 is 1.08. The zero-order chi connectivity index (χ0) is 32.3. The molecule has 248 valence electrons. The molecule has 4 N–H and O–H groups in total. The Hall–Kier alpha value is -2.86. The van der Waals surface area contributed by atoms with Gasteiger partial charge in [-0.25, -0.2) is 4.98 Å². The number of fused-ring (bicyclic) bond motifs is 1. The number of aliphatic hydroxyl groups excluding tert-OH is 1. The third-order valence-corrected chi connectivity index (χ3v) is 10.2. The highest BCUT2D eigenvalue weighted by atomic mass is 32.1. The van der Waals surface area contributed by atoms with Crippen LogP contribution in [0.1, 0.15) is 75.8 Å². The van der Waals surface area contributed by atoms with Crippen LogP contribution in [0.2, 0.25) is 0 Å². The van der Waals surface area contributed by atoms with Gasteiger partial charge >= 0.3 is 0 Å². The monoisotopic (exact) mass is 640 g/mol. The Morgan fingerprint density at radius 1 is 1.07 bits per heavy atom. The third kappa shape index (κ3) is 10.3. The van der Waals surface area contributed by atoms with Crippen molar-refractivity contribution in [2.24, 2.45) is 5.92 Å². The zero-order valence-corrected chi connectivity index (χ0v) is 28.1. The van der Waals surface area contributed by atoms with E-state index in [9.17, 15) is 19.5 Å². The van der Waals surface area contributed by atoms with E-state index in [-0.39, 0.29) is 42.7 Å². The van der Waals surface area contributed by atoms with Gasteiger partial charge in [-0.05, 0) is 42.4 Å². The van der Waals surface area contributed by atoms with E-state index >= 15 is 0 Å². The van der Waals surface area contributed by atoms with Gasteiger partial charge in [-0.3, -0.25) is 24.2 Å². The lowest BCUT2D eigenvalue weighted by Crippen LogP contribution is -2.55. The molecule has 1 saturated heterocycles. The van der Waals surface area contributed by atoms with Crippen molar-refractivity contribution in [3.63, 3.8) is 0 Å². The average molecular weight is 641 g/mol. The van der Waals surface area contributed by atoms with E-state index in [1.165, 1.54) is 12.0 Å². The number of rotatable bonds is 15. The summed E-state index contributed by atoms with van der Waals surface area (Å²) in [5, 5.41) is 19.2. The summed E-state index contributed by atoms with van der Waals surface area (Å²) in [5.41, 5.74) is 2.64. The molecule has 2 atom stereocenters. The van der Waals surface area contributed by atoms with Crippen LogP contribution in [-0.4, -0.2) is 102 Å². The van der Waals surface area contributed by atoms with E-state index in [2.05, 4.69) is 58.3 Å². The number of β-amino-alcohol motifs (C(OH)–C–C–N with tert-alkyl or cyclic N) is 1. The molecule has 2 heterocycles. The standard InChI is InChI=1S/C34H52N6O4S/c1-5-31(42)36-28(20-32-37-27-12-11-26(23(2)3)19-30(27)45-32)34(44)38-29(25-9-7-6-8-10-25)21-35-33(43)24(4)22-40-15-13-39(14-16-40)17-18-41/h11-12,19,23,25,28-29,41H,4-10,13-18,20-22H2,1-3H3,(H,35,43)(H,36,42)(H,38,44)/t28-,29+/m0/s1. The van der Waals surface area contributed by atoms with E-state index in [0.717, 1.165) is 67.1 Å². The summed E-state index contributed by atoms with van der Waals surface area (Å²) in [5.74, 6) is 0.0201. The predicted octanol–water partition coefficient (Wildman–Crippen LogP) is 3.20. The second kappa shape index (κ2) is 17.2. The van der Waals surface area contributed by atoms with Gasteiger partial charge in [0.1, 0.15) is 6.04 Å². The Labute approximate surface area is 272 Å². The van der Waals surface area contributed by atoms with Crippen molar-refractivity contribution in [3.8, 4) is 0 Å². The van der Waals surface area contributed by atoms with Gasteiger partial charge in [-0.2, -0.15) is 0 Å². The molecule has 1 aliphatic heterocycles. The summed E-state index contributed by atoms with van der Waals surface area (Å²) in [4.78, 5) is 48.6. The Morgan fingerprint density at radius 3 is 2.44 bits per heavy atom. The SMILES string of the molecule is C=C(CN1CCN(CCO)CC1)C(=O)NC[C@@H](NC(=O)[C@H](Cc1nc2ccc(C(C)C)cc2s1)NC(=O)CC)C1CCCCC1. The molecular formula is C34H52N6O4S. The highest BCUT2D eigenvalue weighted by molar-refractivity contribution is 7.18. The van der Waals surface area contributed by atoms with Crippen LogP contribution in [-0.2, 0) is 20.8 Å². The number of carbonyl (C=O) groups excluding carboxylic acids is 3. The molecule has 11 heteroatoms. The van der Waals surface area contributed by atoms with Gasteiger partial charge in [0.25, 0.3) is 0 Å². The lowest BCUT2D eigenvalue weighted by atomic mass is 9.83. The molecule has 10 nitrogen and oxygen atoms in total. The first-order chi connectivity index (χ1) is 21.7. The van der Waals surface area contributed by atoms with Crippen molar-refractivity contribution >= 4 is 39.3 Å². The average Bonchev–Trinajstić information content (AvgIpc) is 3.45. The Kier molecular flexibility index (Phi) is 13.4. The number of hydrogen-bond acceptors (Lipinski definition) is 8. The second-order valence-corrected chi connectivity index (χ2v) is 14.0. The fourth-order valence-electron chi connectivity index (χ4n) is 6.25. The minimum Gasteiger partial charge on any atom is -0.395 e. The summed E-state index contributed by atoms with van der Waals surface area (Å²) in [7, 11) is 0. The van der Waals surface area contributed by atoms with Crippen LogP contribution in [0.4, 0.5) is 0 Å². The van der Waals surface area contributed by atoms with Gasteiger partial charge in [-0.15, -0.1) is 11.3 Å². The highest BCUT2D eigenvalue weighted by Gasteiger charge is 2.30. The van der Waals surface area contributed by atoms with E-state index in [4.69, 9.17) is 4.98 Å². The van der Waals surface area contributed by atoms with Crippen LogP contribution in [0.5, 0.6) is 0 Å². The summed E-state index contributed by atoms with van der Waals surface area (Å²) in [6, 6.07) is 5.27. The Balaban J connectivity index is 1.40. The summed E-state index contributed by atoms with van der Waals surface area (Å²) in [6.07, 6.45) is 5.93. The van der Waals surface area contributed by atoms with Crippen LogP contribution < -0.4 is 16.0 Å². The predicted molar refractivity (Wildman–Crippen MR) is 180 cm³/mol. The lowest BCUT2D eigenvalue weighted by Gasteiger charge is -2.34. The fraction of sp³-hybridized carbons (Fsp3) is 0.647. The van der Waals surface area contributed by atoms with Gasteiger partial charge in [0.15, 0.2) is 0 Å². The number of hydrogen-bond donors (Lipinski definition) is 4. The second-order valence-electron chi connectivity index (χ2n) is 12.8. The molecule has 0 radical (unpaired) electrons. The van der Waals surface area contributed by atoms with Crippen LogP contribution in [0, 0.1) is 5.92 Å². The molecule has 45 heavy (non-hydrogen) atoms. The molecule has 0 spiro atoms. The molecule has 1 aromatic carbocycles. The van der Waals surface area contributed by atoms with Gasteiger partial charge in [0, 0.05) is 70.3 Å². The topological polar surface area (TPSA) is 127 Å². The van der Waals surface area contributed by atoms with Crippen molar-refractivity contribution in [2.45, 2.75) is 83.7 Å². The molecule has 1 aliphatic carbocycles. The maximum absolute atomic E-state index is 13.8. The Morgan fingerprint density at radius 2 is 1.78 bits per heavy atom. The van der Waals surface area contributed by atoms with E-state index < -0.39 is 6.04 Å². The smallest absolute Gasteiger partial charge is 0.247 e. The quantitative estimate of drug-likeness (QED) is 0.220. The largest absolute Gasteiger partial charge is 0.395 e. The maximum Gasteiger partial charge on any atom is 0.247 e. The number of benzene rings is 1. The number of thiazole rings is 1. The highest BCUT2D eigenvalue weighted by Crippen LogP contribution is 2.28. The van der Waals surface area contributed by atoms with Crippen molar-refractivity contribution in [3.05, 3.63) is 40.9 Å². The van der Waals surface area contributed by atoms with E-state index in [1.807, 2.05) is 6.07 Å². The van der Waals surface area contributed by atoms with Crippen LogP contribution >= 0.6 is 11.3 Å². The molecule has 1 aromatic heterocycles. The number of nitrogens with zero attached hydrogens (tertiary/aromatic N) is 3. The molecule has 2 aliphatic rings. The number of amides is 3. The van der Waals surface area contributed by atoms with E-state index in [0.29, 0.717) is 37.5 Å². The zero-order valence-electron chi connectivity index (χ0n) is 27.3. The lowest BCUT2D eigenvalue weighted by molar-refractivity contribution is -0.129. The van der Waals surface area contributed by atoms with Crippen LogP contribution in [0.15, 0.2) is 30.4 Å². The van der Waals surface area contributed by atoms with Gasteiger partial charge in [-0.1, -0.05) is 52.7 Å². The molecule has 1 saturated carbocycles. The molecule has 4 rings (SSSR count). The van der Waals surface area contributed by atoms with Crippen LogP contribution in [0.3, 0.4) is 0 Å². The van der Waals surface area contributed by atoms with Crippen LogP contribution in [0.25, 0.3) is 10.2 Å². The maximum atomic E-state index is 13.8. The normalized spacial score (nSPS) is 18.1. The number of aliphatic hydroxyl groups is 1. The number of aromatic nitrogens is 1. The summed E-state index contributed by atoms with van der Waals surface area (Å²) >= 11 is 1.56. The first kappa shape index (κ1) is 35.0. The molecule has 0 unspecified atom stereocenters. The minimum atomic E-state index is -0.760. The van der Waals surface area contributed by atoms with Crippen molar-refractivity contribution in [2.75, 3.05) is 52.4 Å². The first-order valence-electron chi connectivity index (χ1n) is 16.7. The van der Waals surface area contributed by atoms with E-state index in [1.54, 1.807) is 18.3 Å². The number of carbonyl (C=O) groups is 3. The molecule has 3 amide bonds. The van der Waals surface area contributed by atoms with Crippen molar-refractivity contribution < 1.29 is 19.5 Å². The molecule has 0 bridgehead atoms. The first-order valence-corrected chi connectivity index (χ1v) is 17.5. The Bertz CT molecular complexity index is 1300.